The molecule has 0 bridgehead atoms. The van der Waals surface area contributed by atoms with Gasteiger partial charge in [-0.1, -0.05) is 0 Å². The minimum atomic E-state index is -0.903. The van der Waals surface area contributed by atoms with E-state index in [0.29, 0.717) is 5.56 Å². The van der Waals surface area contributed by atoms with Crippen LogP contribution >= 0.6 is 0 Å². The number of hydrogen-bond donors (Lipinski definition) is 1. The Balaban J connectivity index is 2.67. The van der Waals surface area contributed by atoms with Crippen LogP contribution in [-0.4, -0.2) is 43.1 Å². The molecule has 1 aromatic rings. The van der Waals surface area contributed by atoms with Crippen molar-refractivity contribution in [3.8, 4) is 0 Å². The molecule has 0 spiro atoms. The lowest BCUT2D eigenvalue weighted by molar-refractivity contribution is -0.144. The zero-order valence-electron chi connectivity index (χ0n) is 11.3. The Kier molecular flexibility index (Phi) is 6.15. The summed E-state index contributed by atoms with van der Waals surface area (Å²) < 4.78 is 9.09. The summed E-state index contributed by atoms with van der Waals surface area (Å²) in [6.07, 6.45) is 3.05. The normalized spacial score (nSPS) is 11.3. The highest BCUT2D eigenvalue weighted by molar-refractivity contribution is 5.96. The van der Waals surface area contributed by atoms with Gasteiger partial charge in [0.25, 0.3) is 5.91 Å². The number of ether oxygens (including phenoxy) is 2. The average molecular weight is 280 g/mol. The highest BCUT2D eigenvalue weighted by atomic mass is 16.5. The molecule has 1 amide bonds. The first-order chi connectivity index (χ1) is 9.58. The summed E-state index contributed by atoms with van der Waals surface area (Å²) in [5.74, 6) is -1.51. The fourth-order valence-electron chi connectivity index (χ4n) is 1.50. The number of aromatic nitrogens is 1. The molecule has 0 radical (unpaired) electrons. The van der Waals surface area contributed by atoms with E-state index in [1.165, 1.54) is 38.7 Å². The number of amides is 1. The third-order valence-electron chi connectivity index (χ3n) is 2.60. The predicted molar refractivity (Wildman–Crippen MR) is 68.8 cm³/mol. The van der Waals surface area contributed by atoms with Crippen molar-refractivity contribution in [3.05, 3.63) is 30.1 Å². The smallest absolute Gasteiger partial charge is 0.328 e. The quantitative estimate of drug-likeness (QED) is 0.753. The van der Waals surface area contributed by atoms with Crippen molar-refractivity contribution in [2.24, 2.45) is 0 Å². The second-order valence-corrected chi connectivity index (χ2v) is 3.90. The third-order valence-corrected chi connectivity index (χ3v) is 2.60. The van der Waals surface area contributed by atoms with Crippen LogP contribution in [-0.2, 0) is 19.1 Å². The van der Waals surface area contributed by atoms with Gasteiger partial charge < -0.3 is 14.8 Å². The lowest BCUT2D eigenvalue weighted by atomic mass is 10.1. The SMILES string of the molecule is COC(=O)CC[C@@H](NC(=O)c1ccncc1)C(=O)OC. The summed E-state index contributed by atoms with van der Waals surface area (Å²) in [6, 6.07) is 2.13. The van der Waals surface area contributed by atoms with Gasteiger partial charge in [-0.3, -0.25) is 14.6 Å². The molecule has 7 nitrogen and oxygen atoms in total. The number of nitrogens with zero attached hydrogens (tertiary/aromatic N) is 1. The summed E-state index contributed by atoms with van der Waals surface area (Å²) in [7, 11) is 2.47. The molecule has 1 rings (SSSR count). The Labute approximate surface area is 116 Å². The minimum absolute atomic E-state index is 0.00684. The topological polar surface area (TPSA) is 94.6 Å². The van der Waals surface area contributed by atoms with Gasteiger partial charge in [-0.25, -0.2) is 4.79 Å². The molecule has 0 aliphatic carbocycles. The van der Waals surface area contributed by atoms with Gasteiger partial charge in [0.15, 0.2) is 0 Å². The Bertz CT molecular complexity index is 475. The van der Waals surface area contributed by atoms with Crippen LogP contribution in [0, 0.1) is 0 Å². The van der Waals surface area contributed by atoms with Crippen molar-refractivity contribution in [3.63, 3.8) is 0 Å². The second kappa shape index (κ2) is 7.88. The first kappa shape index (κ1) is 15.6. The molecule has 0 fully saturated rings. The molecule has 1 aromatic heterocycles. The number of rotatable bonds is 6. The Morgan fingerprint density at radius 1 is 1.20 bits per heavy atom. The van der Waals surface area contributed by atoms with E-state index in [4.69, 9.17) is 0 Å². The van der Waals surface area contributed by atoms with Crippen molar-refractivity contribution in [2.45, 2.75) is 18.9 Å². The van der Waals surface area contributed by atoms with E-state index in [0.717, 1.165) is 0 Å². The van der Waals surface area contributed by atoms with Crippen molar-refractivity contribution in [1.82, 2.24) is 10.3 Å². The van der Waals surface area contributed by atoms with Gasteiger partial charge in [0, 0.05) is 24.4 Å². The predicted octanol–water partition coefficient (Wildman–Crippen LogP) is 0.306. The zero-order chi connectivity index (χ0) is 15.0. The van der Waals surface area contributed by atoms with E-state index < -0.39 is 23.9 Å². The Hall–Kier alpha value is -2.44. The molecule has 1 N–H and O–H groups in total. The maximum atomic E-state index is 11.9. The van der Waals surface area contributed by atoms with Gasteiger partial charge in [-0.05, 0) is 18.6 Å². The van der Waals surface area contributed by atoms with Crippen LogP contribution in [0.25, 0.3) is 0 Å². The molecule has 0 saturated carbocycles. The van der Waals surface area contributed by atoms with Gasteiger partial charge in [-0.2, -0.15) is 0 Å². The standard InChI is InChI=1S/C13H16N2O5/c1-19-11(16)4-3-10(13(18)20-2)15-12(17)9-5-7-14-8-6-9/h5-8,10H,3-4H2,1-2H3,(H,15,17)/t10-/m1/s1. The van der Waals surface area contributed by atoms with Crippen molar-refractivity contribution >= 4 is 17.8 Å². The molecule has 1 heterocycles. The van der Waals surface area contributed by atoms with Gasteiger partial charge >= 0.3 is 11.9 Å². The van der Waals surface area contributed by atoms with E-state index in [9.17, 15) is 14.4 Å². The van der Waals surface area contributed by atoms with Crippen molar-refractivity contribution < 1.29 is 23.9 Å². The van der Waals surface area contributed by atoms with Crippen LogP contribution in [0.5, 0.6) is 0 Å². The molecule has 0 aromatic carbocycles. The van der Waals surface area contributed by atoms with E-state index in [1.54, 1.807) is 0 Å². The maximum Gasteiger partial charge on any atom is 0.328 e. The number of methoxy groups -OCH3 is 2. The van der Waals surface area contributed by atoms with Gasteiger partial charge in [0.2, 0.25) is 0 Å². The molecule has 20 heavy (non-hydrogen) atoms. The lowest BCUT2D eigenvalue weighted by Gasteiger charge is -2.15. The summed E-state index contributed by atoms with van der Waals surface area (Å²) in [4.78, 5) is 38.4. The van der Waals surface area contributed by atoms with E-state index in [-0.39, 0.29) is 12.8 Å². The lowest BCUT2D eigenvalue weighted by Crippen LogP contribution is -2.41. The van der Waals surface area contributed by atoms with Crippen LogP contribution in [0.3, 0.4) is 0 Å². The summed E-state index contributed by atoms with van der Waals surface area (Å²) in [6.45, 7) is 0. The number of pyridine rings is 1. The fraction of sp³-hybridized carbons (Fsp3) is 0.385. The van der Waals surface area contributed by atoms with E-state index in [2.05, 4.69) is 19.8 Å². The number of nitrogens with one attached hydrogen (secondary N) is 1. The number of carbonyl (C=O) groups is 3. The Morgan fingerprint density at radius 3 is 2.40 bits per heavy atom. The number of carbonyl (C=O) groups excluding carboxylic acids is 3. The number of hydrogen-bond acceptors (Lipinski definition) is 6. The van der Waals surface area contributed by atoms with Gasteiger partial charge in [0.05, 0.1) is 14.2 Å². The van der Waals surface area contributed by atoms with Crippen molar-refractivity contribution in [2.75, 3.05) is 14.2 Å². The number of esters is 2. The fourth-order valence-corrected chi connectivity index (χ4v) is 1.50. The largest absolute Gasteiger partial charge is 0.469 e. The third kappa shape index (κ3) is 4.68. The summed E-state index contributed by atoms with van der Waals surface area (Å²) in [5, 5.41) is 2.51. The first-order valence-corrected chi connectivity index (χ1v) is 5.94. The molecule has 0 unspecified atom stereocenters. The molecular formula is C13H16N2O5. The highest BCUT2D eigenvalue weighted by Gasteiger charge is 2.23. The van der Waals surface area contributed by atoms with Gasteiger partial charge in [-0.15, -0.1) is 0 Å². The molecule has 0 aliphatic heterocycles. The molecule has 108 valence electrons. The first-order valence-electron chi connectivity index (χ1n) is 5.94. The Morgan fingerprint density at radius 2 is 1.85 bits per heavy atom. The minimum Gasteiger partial charge on any atom is -0.469 e. The van der Waals surface area contributed by atoms with Crippen LogP contribution in [0.1, 0.15) is 23.2 Å². The van der Waals surface area contributed by atoms with Crippen LogP contribution in [0.2, 0.25) is 0 Å². The summed E-state index contributed by atoms with van der Waals surface area (Å²) in [5.41, 5.74) is 0.368. The maximum absolute atomic E-state index is 11.9. The van der Waals surface area contributed by atoms with Crippen LogP contribution < -0.4 is 5.32 Å². The molecule has 0 aliphatic rings. The average Bonchev–Trinajstić information content (AvgIpc) is 2.50. The second-order valence-electron chi connectivity index (χ2n) is 3.90. The van der Waals surface area contributed by atoms with Crippen LogP contribution in [0.15, 0.2) is 24.5 Å². The molecular weight excluding hydrogens is 264 g/mol. The molecule has 0 saturated heterocycles. The summed E-state index contributed by atoms with van der Waals surface area (Å²) >= 11 is 0. The molecule has 7 heteroatoms. The highest BCUT2D eigenvalue weighted by Crippen LogP contribution is 2.04. The monoisotopic (exact) mass is 280 g/mol. The van der Waals surface area contributed by atoms with Crippen molar-refractivity contribution in [1.29, 1.82) is 0 Å². The van der Waals surface area contributed by atoms with Crippen LogP contribution in [0.4, 0.5) is 0 Å². The van der Waals surface area contributed by atoms with Gasteiger partial charge in [0.1, 0.15) is 6.04 Å². The van der Waals surface area contributed by atoms with E-state index in [1.807, 2.05) is 0 Å². The molecule has 1 atom stereocenters. The zero-order valence-corrected chi connectivity index (χ0v) is 11.3. The van der Waals surface area contributed by atoms with E-state index >= 15 is 0 Å².